The van der Waals surface area contributed by atoms with Gasteiger partial charge in [0.15, 0.2) is 0 Å². The van der Waals surface area contributed by atoms with Gasteiger partial charge in [0.1, 0.15) is 0 Å². The van der Waals surface area contributed by atoms with Crippen LogP contribution < -0.4 is 4.90 Å². The summed E-state index contributed by atoms with van der Waals surface area (Å²) in [6.45, 7) is 2.22. The summed E-state index contributed by atoms with van der Waals surface area (Å²) in [6.07, 6.45) is 2.92. The molecule has 2 heterocycles. The van der Waals surface area contributed by atoms with Gasteiger partial charge in [-0.05, 0) is 42.5 Å². The highest BCUT2D eigenvalue weighted by Gasteiger charge is 2.45. The molecule has 2 atom stereocenters. The lowest BCUT2D eigenvalue weighted by Crippen LogP contribution is -2.21. The van der Waals surface area contributed by atoms with Crippen LogP contribution in [0.25, 0.3) is 10.9 Å². The Kier molecular flexibility index (Phi) is 2.10. The molecule has 1 saturated heterocycles. The molecule has 1 aliphatic heterocycles. The fourth-order valence-electron chi connectivity index (χ4n) is 3.13. The Balaban J connectivity index is 1.81. The molecular weight excluding hydrogens is 240 g/mol. The van der Waals surface area contributed by atoms with Crippen molar-refractivity contribution in [1.29, 1.82) is 0 Å². The van der Waals surface area contributed by atoms with Gasteiger partial charge in [-0.2, -0.15) is 0 Å². The van der Waals surface area contributed by atoms with E-state index < -0.39 is 5.97 Å². The van der Waals surface area contributed by atoms with Crippen molar-refractivity contribution in [2.45, 2.75) is 6.42 Å². The van der Waals surface area contributed by atoms with E-state index in [9.17, 15) is 9.90 Å². The standard InChI is InChI=1S/C15H14N2O2/c18-15(19)12-3-4-16-14-2-1-11(6-13(12)14)17-7-9-5-10(9)8-17/h1-4,6,9-10H,5,7-8H2,(H,18,19). The predicted molar refractivity (Wildman–Crippen MR) is 72.5 cm³/mol. The molecule has 1 N–H and O–H groups in total. The first-order chi connectivity index (χ1) is 9.22. The zero-order valence-corrected chi connectivity index (χ0v) is 10.4. The lowest BCUT2D eigenvalue weighted by molar-refractivity contribution is 0.0699. The molecule has 0 radical (unpaired) electrons. The summed E-state index contributed by atoms with van der Waals surface area (Å²) in [6, 6.07) is 7.50. The molecule has 2 aliphatic rings. The Morgan fingerprint density at radius 1 is 1.26 bits per heavy atom. The van der Waals surface area contributed by atoms with Gasteiger partial charge in [0, 0.05) is 30.4 Å². The van der Waals surface area contributed by atoms with Crippen LogP contribution in [0.5, 0.6) is 0 Å². The Morgan fingerprint density at radius 2 is 2.05 bits per heavy atom. The summed E-state index contributed by atoms with van der Waals surface area (Å²) in [5.74, 6) is 0.834. The molecule has 4 rings (SSSR count). The number of hydrogen-bond acceptors (Lipinski definition) is 3. The van der Waals surface area contributed by atoms with E-state index >= 15 is 0 Å². The lowest BCUT2D eigenvalue weighted by atomic mass is 10.1. The van der Waals surface area contributed by atoms with Gasteiger partial charge in [-0.25, -0.2) is 4.79 Å². The number of aromatic carboxylic acids is 1. The highest BCUT2D eigenvalue weighted by Crippen LogP contribution is 2.46. The Bertz CT molecular complexity index is 673. The van der Waals surface area contributed by atoms with Gasteiger partial charge >= 0.3 is 5.97 Å². The molecular formula is C15H14N2O2. The van der Waals surface area contributed by atoms with Crippen LogP contribution in [0.1, 0.15) is 16.8 Å². The smallest absolute Gasteiger partial charge is 0.336 e. The summed E-state index contributed by atoms with van der Waals surface area (Å²) in [4.78, 5) is 17.9. The Morgan fingerprint density at radius 3 is 2.79 bits per heavy atom. The number of aromatic nitrogens is 1. The minimum atomic E-state index is -0.895. The van der Waals surface area contributed by atoms with Gasteiger partial charge < -0.3 is 10.0 Å². The molecule has 0 amide bonds. The quantitative estimate of drug-likeness (QED) is 0.894. The molecule has 1 aromatic heterocycles. The molecule has 19 heavy (non-hydrogen) atoms. The van der Waals surface area contributed by atoms with E-state index in [0.29, 0.717) is 5.56 Å². The number of rotatable bonds is 2. The van der Waals surface area contributed by atoms with Crippen LogP contribution in [0.15, 0.2) is 30.5 Å². The van der Waals surface area contributed by atoms with E-state index in [1.54, 1.807) is 12.3 Å². The van der Waals surface area contributed by atoms with Crippen molar-refractivity contribution >= 4 is 22.6 Å². The molecule has 1 saturated carbocycles. The average molecular weight is 254 g/mol. The van der Waals surface area contributed by atoms with Gasteiger partial charge in [0.05, 0.1) is 11.1 Å². The van der Waals surface area contributed by atoms with Crippen molar-refractivity contribution in [3.05, 3.63) is 36.0 Å². The number of nitrogens with zero attached hydrogens (tertiary/aromatic N) is 2. The Labute approximate surface area is 110 Å². The summed E-state index contributed by atoms with van der Waals surface area (Å²) >= 11 is 0. The Hall–Kier alpha value is -2.10. The van der Waals surface area contributed by atoms with Crippen molar-refractivity contribution in [1.82, 2.24) is 4.98 Å². The zero-order chi connectivity index (χ0) is 13.0. The lowest BCUT2D eigenvalue weighted by Gasteiger charge is -2.20. The number of carboxylic acid groups (broad SMARTS) is 1. The molecule has 1 aromatic carbocycles. The molecule has 96 valence electrons. The number of fused-ring (bicyclic) bond motifs is 2. The third-order valence-corrected chi connectivity index (χ3v) is 4.30. The monoisotopic (exact) mass is 254 g/mol. The van der Waals surface area contributed by atoms with Gasteiger partial charge in [0.25, 0.3) is 0 Å². The number of pyridine rings is 1. The third-order valence-electron chi connectivity index (χ3n) is 4.30. The van der Waals surface area contributed by atoms with Crippen molar-refractivity contribution in [2.75, 3.05) is 18.0 Å². The van der Waals surface area contributed by atoms with Crippen LogP contribution in [0.3, 0.4) is 0 Å². The molecule has 0 bridgehead atoms. The first-order valence-corrected chi connectivity index (χ1v) is 6.59. The number of carbonyl (C=O) groups is 1. The van der Waals surface area contributed by atoms with Gasteiger partial charge in [0.2, 0.25) is 0 Å². The van der Waals surface area contributed by atoms with Crippen LogP contribution in [0, 0.1) is 11.8 Å². The first-order valence-electron chi connectivity index (χ1n) is 6.59. The summed E-state index contributed by atoms with van der Waals surface area (Å²) < 4.78 is 0. The summed E-state index contributed by atoms with van der Waals surface area (Å²) in [5, 5.41) is 9.98. The first kappa shape index (κ1) is 10.8. The number of anilines is 1. The van der Waals surface area contributed by atoms with E-state index in [1.165, 1.54) is 6.42 Å². The minimum Gasteiger partial charge on any atom is -0.478 e. The maximum atomic E-state index is 11.3. The van der Waals surface area contributed by atoms with E-state index in [1.807, 2.05) is 18.2 Å². The van der Waals surface area contributed by atoms with Crippen LogP contribution in [-0.2, 0) is 0 Å². The second kappa shape index (κ2) is 3.70. The van der Waals surface area contributed by atoms with Crippen molar-refractivity contribution in [3.63, 3.8) is 0 Å². The highest BCUT2D eigenvalue weighted by atomic mass is 16.4. The maximum Gasteiger partial charge on any atom is 0.336 e. The van der Waals surface area contributed by atoms with Crippen molar-refractivity contribution < 1.29 is 9.90 Å². The van der Waals surface area contributed by atoms with Gasteiger partial charge in [-0.3, -0.25) is 4.98 Å². The molecule has 1 aliphatic carbocycles. The zero-order valence-electron chi connectivity index (χ0n) is 10.4. The van der Waals surface area contributed by atoms with Crippen LogP contribution in [0.2, 0.25) is 0 Å². The van der Waals surface area contributed by atoms with Crippen LogP contribution >= 0.6 is 0 Å². The number of carboxylic acids is 1. The third kappa shape index (κ3) is 1.67. The van der Waals surface area contributed by atoms with Gasteiger partial charge in [-0.15, -0.1) is 0 Å². The average Bonchev–Trinajstić information content (AvgIpc) is 3.04. The molecule has 2 fully saturated rings. The molecule has 2 aromatic rings. The topological polar surface area (TPSA) is 53.4 Å². The minimum absolute atomic E-state index is 0.330. The molecule has 2 unspecified atom stereocenters. The summed E-state index contributed by atoms with van der Waals surface area (Å²) in [5.41, 5.74) is 2.19. The van der Waals surface area contributed by atoms with Crippen LogP contribution in [-0.4, -0.2) is 29.1 Å². The molecule has 4 heteroatoms. The van der Waals surface area contributed by atoms with Crippen LogP contribution in [0.4, 0.5) is 5.69 Å². The number of benzene rings is 1. The van der Waals surface area contributed by atoms with Crippen molar-refractivity contribution in [3.8, 4) is 0 Å². The largest absolute Gasteiger partial charge is 0.478 e. The second-order valence-corrected chi connectivity index (χ2v) is 5.53. The van der Waals surface area contributed by atoms with Gasteiger partial charge in [-0.1, -0.05) is 0 Å². The number of piperidine rings is 1. The SMILES string of the molecule is O=C(O)c1ccnc2ccc(N3CC4CC4C3)cc12. The fourth-order valence-corrected chi connectivity index (χ4v) is 3.13. The summed E-state index contributed by atoms with van der Waals surface area (Å²) in [7, 11) is 0. The maximum absolute atomic E-state index is 11.3. The predicted octanol–water partition coefficient (Wildman–Crippen LogP) is 2.39. The van der Waals surface area contributed by atoms with Crippen molar-refractivity contribution in [2.24, 2.45) is 11.8 Å². The van der Waals surface area contributed by atoms with E-state index in [-0.39, 0.29) is 0 Å². The van der Waals surface area contributed by atoms with E-state index in [0.717, 1.165) is 41.5 Å². The van der Waals surface area contributed by atoms with E-state index in [4.69, 9.17) is 0 Å². The molecule has 0 spiro atoms. The fraction of sp³-hybridized carbons (Fsp3) is 0.333. The highest BCUT2D eigenvalue weighted by molar-refractivity contribution is 6.03. The second-order valence-electron chi connectivity index (χ2n) is 5.53. The molecule has 4 nitrogen and oxygen atoms in total. The number of hydrogen-bond donors (Lipinski definition) is 1. The van der Waals surface area contributed by atoms with E-state index in [2.05, 4.69) is 9.88 Å². The normalized spacial score (nSPS) is 24.5.